The van der Waals surface area contributed by atoms with Gasteiger partial charge in [0.2, 0.25) is 10.0 Å². The van der Waals surface area contributed by atoms with E-state index >= 15 is 0 Å². The van der Waals surface area contributed by atoms with Crippen LogP contribution >= 0.6 is 11.6 Å². The Hall–Kier alpha value is -1.19. The monoisotopic (exact) mass is 376 g/mol. The number of ether oxygens (including phenoxy) is 2. The first-order valence-corrected chi connectivity index (χ1v) is 9.31. The number of carbonyl (C=O) groups excluding carboxylic acids is 1. The summed E-state index contributed by atoms with van der Waals surface area (Å²) in [7, 11) is -0.989. The van der Waals surface area contributed by atoms with Crippen molar-refractivity contribution in [3.63, 3.8) is 0 Å². The highest BCUT2D eigenvalue weighted by Gasteiger charge is 2.35. The second-order valence-corrected chi connectivity index (χ2v) is 7.85. The van der Waals surface area contributed by atoms with E-state index in [0.717, 1.165) is 19.4 Å². The fourth-order valence-corrected chi connectivity index (χ4v) is 4.41. The molecule has 0 radical (unpaired) electrons. The molecule has 1 aliphatic rings. The van der Waals surface area contributed by atoms with Crippen molar-refractivity contribution in [3.8, 4) is 0 Å². The molecule has 1 saturated heterocycles. The number of esters is 1. The molecule has 1 aromatic rings. The quantitative estimate of drug-likeness (QED) is 0.694. The fourth-order valence-electron chi connectivity index (χ4n) is 2.74. The van der Waals surface area contributed by atoms with Crippen LogP contribution in [0.3, 0.4) is 0 Å². The van der Waals surface area contributed by atoms with Crippen molar-refractivity contribution in [1.29, 1.82) is 0 Å². The van der Waals surface area contributed by atoms with Crippen LogP contribution in [0.4, 0.5) is 0 Å². The number of carbonyl (C=O) groups is 1. The summed E-state index contributed by atoms with van der Waals surface area (Å²) in [6.07, 6.45) is 1.78. The number of hydrogen-bond donors (Lipinski definition) is 2. The third kappa shape index (κ3) is 4.25. The zero-order valence-corrected chi connectivity index (χ0v) is 15.2. The molecular formula is C15H21ClN2O5S. The number of nitrogens with one attached hydrogen (secondary N) is 2. The summed E-state index contributed by atoms with van der Waals surface area (Å²) >= 11 is 6.04. The second-order valence-electron chi connectivity index (χ2n) is 5.71. The van der Waals surface area contributed by atoms with Gasteiger partial charge in [-0.15, -0.1) is 0 Å². The maximum absolute atomic E-state index is 12.5. The van der Waals surface area contributed by atoms with E-state index in [-0.39, 0.29) is 22.0 Å². The molecule has 0 aromatic heterocycles. The second kappa shape index (κ2) is 7.79. The fraction of sp³-hybridized carbons (Fsp3) is 0.533. The van der Waals surface area contributed by atoms with Crippen LogP contribution in [0, 0.1) is 0 Å². The van der Waals surface area contributed by atoms with Crippen LogP contribution in [0.5, 0.6) is 0 Å². The molecule has 2 N–H and O–H groups in total. The van der Waals surface area contributed by atoms with Crippen molar-refractivity contribution in [2.45, 2.75) is 23.3 Å². The Morgan fingerprint density at radius 1 is 1.42 bits per heavy atom. The number of hydrogen-bond acceptors (Lipinski definition) is 6. The van der Waals surface area contributed by atoms with E-state index in [9.17, 15) is 13.2 Å². The predicted octanol–water partition coefficient (Wildman–Crippen LogP) is 1.17. The van der Waals surface area contributed by atoms with Crippen LogP contribution in [0.2, 0.25) is 5.02 Å². The van der Waals surface area contributed by atoms with Gasteiger partial charge in [0.05, 0.1) is 29.8 Å². The van der Waals surface area contributed by atoms with E-state index in [0.29, 0.717) is 6.61 Å². The van der Waals surface area contributed by atoms with E-state index in [2.05, 4.69) is 14.8 Å². The van der Waals surface area contributed by atoms with Gasteiger partial charge in [-0.3, -0.25) is 0 Å². The number of sulfonamides is 1. The first kappa shape index (κ1) is 19.1. The zero-order valence-electron chi connectivity index (χ0n) is 13.6. The lowest BCUT2D eigenvalue weighted by Gasteiger charge is -2.28. The Bertz CT molecular complexity index is 702. The van der Waals surface area contributed by atoms with Gasteiger partial charge < -0.3 is 14.8 Å². The molecule has 7 nitrogen and oxygen atoms in total. The molecule has 0 aliphatic carbocycles. The van der Waals surface area contributed by atoms with Crippen molar-refractivity contribution < 1.29 is 22.7 Å². The third-order valence-corrected chi connectivity index (χ3v) is 5.88. The van der Waals surface area contributed by atoms with Gasteiger partial charge in [-0.1, -0.05) is 11.6 Å². The maximum atomic E-state index is 12.5. The SMILES string of the molecule is COCC1(CNS(=O)(=O)c2ccc(C(=O)OC)cc2Cl)CCCN1. The van der Waals surface area contributed by atoms with Crippen molar-refractivity contribution in [3.05, 3.63) is 28.8 Å². The van der Waals surface area contributed by atoms with E-state index in [4.69, 9.17) is 16.3 Å². The van der Waals surface area contributed by atoms with E-state index in [1.807, 2.05) is 0 Å². The maximum Gasteiger partial charge on any atom is 0.337 e. The lowest BCUT2D eigenvalue weighted by molar-refractivity contribution is 0.0600. The minimum atomic E-state index is -3.81. The van der Waals surface area contributed by atoms with Crippen LogP contribution in [0.25, 0.3) is 0 Å². The van der Waals surface area contributed by atoms with Crippen LogP contribution in [-0.4, -0.2) is 53.8 Å². The minimum Gasteiger partial charge on any atom is -0.465 e. The first-order chi connectivity index (χ1) is 11.3. The lowest BCUT2D eigenvalue weighted by Crippen LogP contribution is -2.52. The van der Waals surface area contributed by atoms with Crippen LogP contribution < -0.4 is 10.0 Å². The molecule has 0 saturated carbocycles. The highest BCUT2D eigenvalue weighted by atomic mass is 35.5. The Labute approximate surface area is 146 Å². The van der Waals surface area contributed by atoms with Gasteiger partial charge >= 0.3 is 5.97 Å². The van der Waals surface area contributed by atoms with Crippen molar-refractivity contribution in [2.75, 3.05) is 33.9 Å². The standard InChI is InChI=1S/C15H21ClN2O5S/c1-22-10-15(6-3-7-17-15)9-18-24(20,21)13-5-4-11(8-12(13)16)14(19)23-2/h4-5,8,17-18H,3,6-7,9-10H2,1-2H3. The highest BCUT2D eigenvalue weighted by molar-refractivity contribution is 7.89. The molecule has 134 valence electrons. The van der Waals surface area contributed by atoms with Crippen molar-refractivity contribution in [1.82, 2.24) is 10.0 Å². The molecule has 0 amide bonds. The van der Waals surface area contributed by atoms with Gasteiger partial charge in [0.1, 0.15) is 4.90 Å². The summed E-state index contributed by atoms with van der Waals surface area (Å²) in [5.41, 5.74) is -0.227. The largest absolute Gasteiger partial charge is 0.465 e. The summed E-state index contributed by atoms with van der Waals surface area (Å²) in [6.45, 7) is 1.42. The molecule has 0 spiro atoms. The average Bonchev–Trinajstić information content (AvgIpc) is 3.01. The Morgan fingerprint density at radius 2 is 2.17 bits per heavy atom. The minimum absolute atomic E-state index is 0.0365. The number of rotatable bonds is 7. The first-order valence-electron chi connectivity index (χ1n) is 7.45. The van der Waals surface area contributed by atoms with E-state index < -0.39 is 21.5 Å². The molecule has 0 bridgehead atoms. The van der Waals surface area contributed by atoms with Crippen molar-refractivity contribution >= 4 is 27.6 Å². The molecule has 24 heavy (non-hydrogen) atoms. The van der Waals surface area contributed by atoms with Crippen molar-refractivity contribution in [2.24, 2.45) is 0 Å². The zero-order chi connectivity index (χ0) is 17.8. The number of benzene rings is 1. The van der Waals surface area contributed by atoms with Crippen LogP contribution in [0.15, 0.2) is 23.1 Å². The van der Waals surface area contributed by atoms with Gasteiger partial charge in [0.25, 0.3) is 0 Å². The van der Waals surface area contributed by atoms with Gasteiger partial charge in [-0.25, -0.2) is 17.9 Å². The average molecular weight is 377 g/mol. The van der Waals surface area contributed by atoms with Crippen LogP contribution in [0.1, 0.15) is 23.2 Å². The Balaban J connectivity index is 2.17. The van der Waals surface area contributed by atoms with Gasteiger partial charge in [-0.2, -0.15) is 0 Å². The summed E-state index contributed by atoms with van der Waals surface area (Å²) in [5, 5.41) is 3.26. The molecular weight excluding hydrogens is 356 g/mol. The Morgan fingerprint density at radius 3 is 2.71 bits per heavy atom. The summed E-state index contributed by atoms with van der Waals surface area (Å²) in [5.74, 6) is -0.581. The molecule has 2 rings (SSSR count). The molecule has 9 heteroatoms. The third-order valence-electron chi connectivity index (χ3n) is 4.00. The topological polar surface area (TPSA) is 93.7 Å². The van der Waals surface area contributed by atoms with Crippen LogP contribution in [-0.2, 0) is 19.5 Å². The molecule has 1 aliphatic heterocycles. The smallest absolute Gasteiger partial charge is 0.337 e. The van der Waals surface area contributed by atoms with E-state index in [1.54, 1.807) is 7.11 Å². The Kier molecular flexibility index (Phi) is 6.22. The van der Waals surface area contributed by atoms with Gasteiger partial charge in [0, 0.05) is 13.7 Å². The normalized spacial score (nSPS) is 21.0. The molecule has 1 aromatic carbocycles. The molecule has 1 atom stereocenters. The molecule has 1 heterocycles. The summed E-state index contributed by atoms with van der Waals surface area (Å²) in [4.78, 5) is 11.4. The predicted molar refractivity (Wildman–Crippen MR) is 89.8 cm³/mol. The molecule has 1 unspecified atom stereocenters. The van der Waals surface area contributed by atoms with Gasteiger partial charge in [-0.05, 0) is 37.6 Å². The van der Waals surface area contributed by atoms with Gasteiger partial charge in [0.15, 0.2) is 0 Å². The number of halogens is 1. The lowest BCUT2D eigenvalue weighted by atomic mass is 9.99. The summed E-state index contributed by atoms with van der Waals surface area (Å²) in [6, 6.07) is 3.94. The van der Waals surface area contributed by atoms with E-state index in [1.165, 1.54) is 25.3 Å². The number of methoxy groups -OCH3 is 2. The summed E-state index contributed by atoms with van der Waals surface area (Å²) < 4.78 is 37.4. The molecule has 1 fully saturated rings. The highest BCUT2D eigenvalue weighted by Crippen LogP contribution is 2.24.